The van der Waals surface area contributed by atoms with E-state index in [1.165, 1.54) is 0 Å². The van der Waals surface area contributed by atoms with E-state index in [4.69, 9.17) is 5.73 Å². The molecule has 108 valence electrons. The lowest BCUT2D eigenvalue weighted by Crippen LogP contribution is -2.37. The van der Waals surface area contributed by atoms with Crippen LogP contribution in [0.25, 0.3) is 0 Å². The number of pyridine rings is 1. The number of nitrogens with two attached hydrogens (primary N) is 1. The van der Waals surface area contributed by atoms with E-state index in [1.54, 1.807) is 36.5 Å². The lowest BCUT2D eigenvalue weighted by molar-refractivity contribution is -0.359. The molecule has 1 heterocycles. The number of aromatic nitrogens is 1. The molecule has 2 aromatic rings. The largest absolute Gasteiger partial charge is 0.548 e. The van der Waals surface area contributed by atoms with Crippen LogP contribution in [0.2, 0.25) is 0 Å². The second-order valence-corrected chi connectivity index (χ2v) is 4.29. The van der Waals surface area contributed by atoms with Crippen molar-refractivity contribution in [1.82, 2.24) is 5.32 Å². The molecule has 7 nitrogen and oxygen atoms in total. The Labute approximate surface area is 120 Å². The number of carbonyl (C=O) groups is 2. The molecule has 7 heteroatoms. The summed E-state index contributed by atoms with van der Waals surface area (Å²) in [6.45, 7) is -0.514. The maximum atomic E-state index is 11.6. The van der Waals surface area contributed by atoms with Gasteiger partial charge in [0.05, 0.1) is 18.2 Å². The first-order valence-electron chi connectivity index (χ1n) is 6.17. The Kier molecular flexibility index (Phi) is 4.35. The smallest absolute Gasteiger partial charge is 0.270 e. The van der Waals surface area contributed by atoms with Crippen molar-refractivity contribution in [3.8, 4) is 0 Å². The molecule has 5 N–H and O–H groups in total. The number of hydrogen-bond donors (Lipinski definition) is 3. The summed E-state index contributed by atoms with van der Waals surface area (Å²) in [6, 6.07) is 10.1. The van der Waals surface area contributed by atoms with Crippen molar-refractivity contribution in [2.45, 2.75) is 0 Å². The fourth-order valence-electron chi connectivity index (χ4n) is 1.64. The number of rotatable bonds is 5. The van der Waals surface area contributed by atoms with Crippen LogP contribution in [0.5, 0.6) is 0 Å². The van der Waals surface area contributed by atoms with E-state index >= 15 is 0 Å². The molecule has 0 bridgehead atoms. The highest BCUT2D eigenvalue weighted by molar-refractivity contribution is 5.96. The Balaban J connectivity index is 2.00. The average Bonchev–Trinajstić information content (AvgIpc) is 2.48. The summed E-state index contributed by atoms with van der Waals surface area (Å²) in [5.41, 5.74) is 7.52. The monoisotopic (exact) mass is 286 g/mol. The number of aromatic amines is 1. The molecule has 0 atom stereocenters. The fourth-order valence-corrected chi connectivity index (χ4v) is 1.64. The van der Waals surface area contributed by atoms with Crippen LogP contribution in [0.3, 0.4) is 0 Å². The molecule has 0 aliphatic carbocycles. The Hall–Kier alpha value is -3.09. The number of H-pyrrole nitrogens is 1. The predicted octanol–water partition coefficient (Wildman–Crippen LogP) is -0.694. The van der Waals surface area contributed by atoms with Gasteiger partial charge >= 0.3 is 0 Å². The molecule has 21 heavy (non-hydrogen) atoms. The third-order valence-corrected chi connectivity index (χ3v) is 2.67. The topological polar surface area (TPSA) is 121 Å². The highest BCUT2D eigenvalue weighted by Gasteiger charge is 2.05. The van der Waals surface area contributed by atoms with Crippen LogP contribution in [0.4, 0.5) is 17.2 Å². The van der Waals surface area contributed by atoms with Gasteiger partial charge in [-0.05, 0) is 30.3 Å². The minimum absolute atomic E-state index is 0.366. The van der Waals surface area contributed by atoms with Crippen LogP contribution in [0.15, 0.2) is 42.6 Å². The zero-order valence-electron chi connectivity index (χ0n) is 11.1. The Bertz CT molecular complexity index is 638. The highest BCUT2D eigenvalue weighted by atomic mass is 16.4. The van der Waals surface area contributed by atoms with Gasteiger partial charge in [0, 0.05) is 17.3 Å². The van der Waals surface area contributed by atoms with Crippen molar-refractivity contribution in [2.24, 2.45) is 0 Å². The molecule has 1 aromatic carbocycles. The quantitative estimate of drug-likeness (QED) is 0.671. The molecule has 0 aliphatic rings. The number of hydrogen-bond acceptors (Lipinski definition) is 5. The third kappa shape index (κ3) is 4.20. The molecule has 0 unspecified atom stereocenters. The summed E-state index contributed by atoms with van der Waals surface area (Å²) in [7, 11) is 0. The van der Waals surface area contributed by atoms with Gasteiger partial charge in [-0.25, -0.2) is 4.98 Å². The molecule has 0 saturated heterocycles. The Morgan fingerprint density at radius 3 is 2.33 bits per heavy atom. The zero-order valence-corrected chi connectivity index (χ0v) is 11.1. The first-order chi connectivity index (χ1) is 10.0. The van der Waals surface area contributed by atoms with Gasteiger partial charge in [0.25, 0.3) is 11.7 Å². The molecule has 1 aromatic heterocycles. The van der Waals surface area contributed by atoms with Gasteiger partial charge in [-0.15, -0.1) is 0 Å². The second-order valence-electron chi connectivity index (χ2n) is 4.29. The fraction of sp³-hybridized carbons (Fsp3) is 0.0714. The standard InChI is InChI=1S/C14H14N4O3/c15-12-6-5-11(7-16-12)18-10-3-1-9(2-4-10)14(21)17-8-13(19)20/h1-7,18H,8H2,(H2,15,16)(H,17,21)(H,19,20). The zero-order chi connectivity index (χ0) is 15.2. The molecular weight excluding hydrogens is 272 g/mol. The molecule has 0 fully saturated rings. The molecule has 0 radical (unpaired) electrons. The maximum Gasteiger partial charge on any atom is 0.270 e. The summed E-state index contributed by atoms with van der Waals surface area (Å²) >= 11 is 0. The van der Waals surface area contributed by atoms with Gasteiger partial charge in [0.2, 0.25) is 0 Å². The van der Waals surface area contributed by atoms with Crippen molar-refractivity contribution in [3.05, 3.63) is 48.2 Å². The lowest BCUT2D eigenvalue weighted by atomic mass is 10.2. The minimum atomic E-state index is -1.33. The predicted molar refractivity (Wildman–Crippen MR) is 74.5 cm³/mol. The summed E-state index contributed by atoms with van der Waals surface area (Å²) in [4.78, 5) is 24.8. The lowest BCUT2D eigenvalue weighted by Gasteiger charge is -2.08. The highest BCUT2D eigenvalue weighted by Crippen LogP contribution is 2.15. The van der Waals surface area contributed by atoms with E-state index in [1.807, 2.05) is 6.07 Å². The number of aliphatic carboxylic acids is 1. The molecule has 0 saturated carbocycles. The number of benzene rings is 1. The van der Waals surface area contributed by atoms with Crippen molar-refractivity contribution < 1.29 is 19.7 Å². The van der Waals surface area contributed by atoms with E-state index in [0.717, 1.165) is 11.4 Å². The first-order valence-corrected chi connectivity index (χ1v) is 6.17. The van der Waals surface area contributed by atoms with E-state index in [0.29, 0.717) is 11.4 Å². The summed E-state index contributed by atoms with van der Waals surface area (Å²) in [5, 5.41) is 15.6. The molecule has 0 aliphatic heterocycles. The SMILES string of the molecule is Nc1ccc(Nc2ccc(C(=O)NCC(=O)[O-])cc2)c[nH+]1. The van der Waals surface area contributed by atoms with Gasteiger partial charge in [-0.1, -0.05) is 0 Å². The minimum Gasteiger partial charge on any atom is -0.548 e. The van der Waals surface area contributed by atoms with Crippen LogP contribution in [0, 0.1) is 0 Å². The van der Waals surface area contributed by atoms with E-state index in [-0.39, 0.29) is 0 Å². The number of carbonyl (C=O) groups excluding carboxylic acids is 2. The van der Waals surface area contributed by atoms with Crippen molar-refractivity contribution >= 4 is 29.1 Å². The molecular formula is C14H14N4O3. The number of amides is 1. The van der Waals surface area contributed by atoms with Gasteiger partial charge in [-0.3, -0.25) is 10.5 Å². The van der Waals surface area contributed by atoms with Crippen LogP contribution in [0.1, 0.15) is 10.4 Å². The van der Waals surface area contributed by atoms with E-state index in [2.05, 4.69) is 15.6 Å². The summed E-state index contributed by atoms with van der Waals surface area (Å²) in [6.07, 6.45) is 1.72. The van der Waals surface area contributed by atoms with Gasteiger partial charge in [0.1, 0.15) is 6.20 Å². The summed E-state index contributed by atoms with van der Waals surface area (Å²) < 4.78 is 0. The Morgan fingerprint density at radius 1 is 1.10 bits per heavy atom. The third-order valence-electron chi connectivity index (χ3n) is 2.67. The number of nitrogen functional groups attached to an aromatic ring is 1. The summed E-state index contributed by atoms with van der Waals surface area (Å²) in [5.74, 6) is -1.24. The first kappa shape index (κ1) is 14.3. The van der Waals surface area contributed by atoms with Gasteiger partial charge < -0.3 is 20.5 Å². The maximum absolute atomic E-state index is 11.6. The number of anilines is 3. The molecule has 0 spiro atoms. The van der Waals surface area contributed by atoms with Crippen LogP contribution < -0.4 is 26.5 Å². The van der Waals surface area contributed by atoms with Gasteiger partial charge in [-0.2, -0.15) is 0 Å². The van der Waals surface area contributed by atoms with Gasteiger partial charge in [0.15, 0.2) is 0 Å². The number of carboxylic acid groups (broad SMARTS) is 1. The van der Waals surface area contributed by atoms with Crippen LogP contribution in [-0.2, 0) is 4.79 Å². The molecule has 2 rings (SSSR count). The molecule has 1 amide bonds. The van der Waals surface area contributed by atoms with Crippen LogP contribution in [-0.4, -0.2) is 18.4 Å². The van der Waals surface area contributed by atoms with Crippen LogP contribution >= 0.6 is 0 Å². The van der Waals surface area contributed by atoms with E-state index < -0.39 is 18.4 Å². The normalized spacial score (nSPS) is 9.90. The Morgan fingerprint density at radius 2 is 1.76 bits per heavy atom. The van der Waals surface area contributed by atoms with Crippen molar-refractivity contribution in [1.29, 1.82) is 0 Å². The average molecular weight is 286 g/mol. The van der Waals surface area contributed by atoms with Crippen molar-refractivity contribution in [2.75, 3.05) is 17.6 Å². The van der Waals surface area contributed by atoms with E-state index in [9.17, 15) is 14.7 Å². The van der Waals surface area contributed by atoms with Crippen molar-refractivity contribution in [3.63, 3.8) is 0 Å². The second kappa shape index (κ2) is 6.38. The number of nitrogens with one attached hydrogen (secondary N) is 3. The number of carboxylic acids is 1.